The predicted molar refractivity (Wildman–Crippen MR) is 120 cm³/mol. The van der Waals surface area contributed by atoms with Gasteiger partial charge >= 0.3 is 0 Å². The number of ether oxygens (including phenoxy) is 1. The molecule has 6 nitrogen and oxygen atoms in total. The lowest BCUT2D eigenvalue weighted by molar-refractivity contribution is -0.118. The highest BCUT2D eigenvalue weighted by Gasteiger charge is 2.19. The van der Waals surface area contributed by atoms with Crippen molar-refractivity contribution in [2.45, 2.75) is 33.6 Å². The summed E-state index contributed by atoms with van der Waals surface area (Å²) in [6.07, 6.45) is 0. The van der Waals surface area contributed by atoms with Crippen LogP contribution in [-0.4, -0.2) is 21.9 Å². The third-order valence-electron chi connectivity index (χ3n) is 5.09. The van der Waals surface area contributed by atoms with Gasteiger partial charge in [0.15, 0.2) is 6.61 Å². The summed E-state index contributed by atoms with van der Waals surface area (Å²) in [5.74, 6) is 0.434. The molecule has 0 saturated carbocycles. The number of carbonyl (C=O) groups is 1. The zero-order valence-corrected chi connectivity index (χ0v) is 18.6. The summed E-state index contributed by atoms with van der Waals surface area (Å²) in [6, 6.07) is 13.0. The molecule has 7 heteroatoms. The van der Waals surface area contributed by atoms with Gasteiger partial charge in [0.25, 0.3) is 11.5 Å². The lowest BCUT2D eigenvalue weighted by Gasteiger charge is -2.14. The Morgan fingerprint density at radius 2 is 1.83 bits per heavy atom. The van der Waals surface area contributed by atoms with Crippen molar-refractivity contribution >= 4 is 23.2 Å². The summed E-state index contributed by atoms with van der Waals surface area (Å²) in [5.41, 5.74) is 3.14. The molecule has 3 aromatic rings. The first-order valence-electron chi connectivity index (χ1n) is 9.77. The van der Waals surface area contributed by atoms with E-state index in [0.29, 0.717) is 16.5 Å². The maximum Gasteiger partial charge on any atom is 0.295 e. The Kier molecular flexibility index (Phi) is 6.37. The van der Waals surface area contributed by atoms with E-state index in [-0.39, 0.29) is 23.8 Å². The van der Waals surface area contributed by atoms with Crippen LogP contribution in [0.4, 0.5) is 5.69 Å². The number of carbonyl (C=O) groups excluding carboxylic acids is 1. The normalized spacial score (nSPS) is 11.0. The van der Waals surface area contributed by atoms with Crippen molar-refractivity contribution in [1.29, 1.82) is 0 Å². The van der Waals surface area contributed by atoms with Crippen molar-refractivity contribution in [3.63, 3.8) is 0 Å². The van der Waals surface area contributed by atoms with Gasteiger partial charge in [0.1, 0.15) is 11.4 Å². The Labute approximate surface area is 181 Å². The van der Waals surface area contributed by atoms with Gasteiger partial charge in [-0.25, -0.2) is 4.68 Å². The Morgan fingerprint density at radius 1 is 1.17 bits per heavy atom. The average Bonchev–Trinajstić information content (AvgIpc) is 2.91. The molecule has 0 fully saturated rings. The molecule has 1 N–H and O–H groups in total. The van der Waals surface area contributed by atoms with Crippen molar-refractivity contribution < 1.29 is 9.53 Å². The molecule has 3 rings (SSSR count). The van der Waals surface area contributed by atoms with Crippen LogP contribution in [0.15, 0.2) is 47.3 Å². The van der Waals surface area contributed by atoms with Crippen LogP contribution in [0.25, 0.3) is 5.69 Å². The van der Waals surface area contributed by atoms with E-state index >= 15 is 0 Å². The molecule has 0 radical (unpaired) electrons. The number of hydrogen-bond acceptors (Lipinski definition) is 3. The van der Waals surface area contributed by atoms with E-state index in [1.165, 1.54) is 4.68 Å². The Balaban J connectivity index is 1.78. The first kappa shape index (κ1) is 21.7. The number of nitrogens with zero attached hydrogens (tertiary/aromatic N) is 2. The van der Waals surface area contributed by atoms with Crippen LogP contribution in [0.3, 0.4) is 0 Å². The van der Waals surface area contributed by atoms with E-state index in [2.05, 4.69) is 5.32 Å². The first-order valence-corrected chi connectivity index (χ1v) is 10.1. The molecule has 0 unspecified atom stereocenters. The molecular weight excluding hydrogens is 402 g/mol. The van der Waals surface area contributed by atoms with Gasteiger partial charge in [0.05, 0.1) is 11.4 Å². The SMILES string of the molecule is Cc1cc(Cl)c(C(C)C)cc1OCC(=O)Nc1c(C)n(C)n(-c2ccccc2)c1=O. The van der Waals surface area contributed by atoms with Gasteiger partial charge in [0, 0.05) is 12.1 Å². The second kappa shape index (κ2) is 8.79. The number of aryl methyl sites for hydroxylation is 1. The molecule has 0 bridgehead atoms. The van der Waals surface area contributed by atoms with Crippen LogP contribution < -0.4 is 15.6 Å². The summed E-state index contributed by atoms with van der Waals surface area (Å²) < 4.78 is 8.96. The van der Waals surface area contributed by atoms with Gasteiger partial charge in [-0.05, 0) is 55.2 Å². The maximum atomic E-state index is 12.9. The third kappa shape index (κ3) is 4.28. The monoisotopic (exact) mass is 427 g/mol. The predicted octanol–water partition coefficient (Wildman–Crippen LogP) is 4.59. The number of halogens is 1. The minimum atomic E-state index is -0.401. The zero-order chi connectivity index (χ0) is 22.0. The second-order valence-corrected chi connectivity index (χ2v) is 7.97. The van der Waals surface area contributed by atoms with Gasteiger partial charge in [-0.3, -0.25) is 14.3 Å². The van der Waals surface area contributed by atoms with Crippen LogP contribution in [0.1, 0.15) is 36.6 Å². The van der Waals surface area contributed by atoms with Gasteiger partial charge < -0.3 is 10.1 Å². The average molecular weight is 428 g/mol. The quantitative estimate of drug-likeness (QED) is 0.625. The van der Waals surface area contributed by atoms with Gasteiger partial charge in [-0.15, -0.1) is 0 Å². The van der Waals surface area contributed by atoms with Crippen LogP contribution in [0.2, 0.25) is 5.02 Å². The van der Waals surface area contributed by atoms with Crippen molar-refractivity contribution in [3.8, 4) is 11.4 Å². The standard InChI is InChI=1S/C23H26ClN3O3/c1-14(2)18-12-20(15(3)11-19(18)24)30-13-21(28)25-22-16(4)26(5)27(23(22)29)17-9-7-6-8-10-17/h6-12,14H,13H2,1-5H3,(H,25,28). The molecule has 1 amide bonds. The summed E-state index contributed by atoms with van der Waals surface area (Å²) in [5, 5.41) is 3.38. The Morgan fingerprint density at radius 3 is 2.47 bits per heavy atom. The largest absolute Gasteiger partial charge is 0.483 e. The number of benzene rings is 2. The number of nitrogens with one attached hydrogen (secondary N) is 1. The minimum absolute atomic E-state index is 0.209. The third-order valence-corrected chi connectivity index (χ3v) is 5.42. The Bertz CT molecular complexity index is 1130. The molecule has 0 atom stereocenters. The van der Waals surface area contributed by atoms with Crippen molar-refractivity contribution in [2.75, 3.05) is 11.9 Å². The van der Waals surface area contributed by atoms with E-state index in [4.69, 9.17) is 16.3 Å². The number of anilines is 1. The molecule has 0 aliphatic heterocycles. The smallest absolute Gasteiger partial charge is 0.295 e. The highest BCUT2D eigenvalue weighted by atomic mass is 35.5. The highest BCUT2D eigenvalue weighted by molar-refractivity contribution is 6.31. The second-order valence-electron chi connectivity index (χ2n) is 7.57. The fourth-order valence-corrected chi connectivity index (χ4v) is 3.73. The number of para-hydroxylation sites is 1. The molecule has 2 aromatic carbocycles. The molecule has 158 valence electrons. The topological polar surface area (TPSA) is 65.3 Å². The van der Waals surface area contributed by atoms with Gasteiger partial charge in [0.2, 0.25) is 0 Å². The van der Waals surface area contributed by atoms with Crippen molar-refractivity contribution in [2.24, 2.45) is 7.05 Å². The maximum absolute atomic E-state index is 12.9. The van der Waals surface area contributed by atoms with Crippen LogP contribution in [0, 0.1) is 13.8 Å². The number of rotatable bonds is 6. The molecule has 0 spiro atoms. The van der Waals surface area contributed by atoms with E-state index in [1.54, 1.807) is 18.7 Å². The lowest BCUT2D eigenvalue weighted by Crippen LogP contribution is -2.25. The fourth-order valence-electron chi connectivity index (χ4n) is 3.30. The zero-order valence-electron chi connectivity index (χ0n) is 17.8. The minimum Gasteiger partial charge on any atom is -0.483 e. The molecule has 1 heterocycles. The van der Waals surface area contributed by atoms with Crippen LogP contribution in [0.5, 0.6) is 5.75 Å². The highest BCUT2D eigenvalue weighted by Crippen LogP contribution is 2.31. The van der Waals surface area contributed by atoms with E-state index < -0.39 is 5.91 Å². The molecule has 0 saturated heterocycles. The number of hydrogen-bond donors (Lipinski definition) is 1. The lowest BCUT2D eigenvalue weighted by atomic mass is 10.0. The number of amides is 1. The van der Waals surface area contributed by atoms with Gasteiger partial charge in [-0.1, -0.05) is 43.6 Å². The van der Waals surface area contributed by atoms with E-state index in [1.807, 2.05) is 63.2 Å². The van der Waals surface area contributed by atoms with Crippen LogP contribution >= 0.6 is 11.6 Å². The molecule has 30 heavy (non-hydrogen) atoms. The summed E-state index contributed by atoms with van der Waals surface area (Å²) in [7, 11) is 1.78. The molecule has 1 aromatic heterocycles. The summed E-state index contributed by atoms with van der Waals surface area (Å²) >= 11 is 6.29. The van der Waals surface area contributed by atoms with E-state index in [9.17, 15) is 9.59 Å². The first-order chi connectivity index (χ1) is 14.2. The van der Waals surface area contributed by atoms with Crippen LogP contribution in [-0.2, 0) is 11.8 Å². The number of aromatic nitrogens is 2. The molecule has 0 aliphatic rings. The van der Waals surface area contributed by atoms with E-state index in [0.717, 1.165) is 16.8 Å². The molecular formula is C23H26ClN3O3. The summed E-state index contributed by atoms with van der Waals surface area (Å²) in [4.78, 5) is 25.4. The van der Waals surface area contributed by atoms with Crippen molar-refractivity contribution in [3.05, 3.63) is 74.7 Å². The van der Waals surface area contributed by atoms with Gasteiger partial charge in [-0.2, -0.15) is 0 Å². The molecule has 0 aliphatic carbocycles. The Hall–Kier alpha value is -2.99. The fraction of sp³-hybridized carbons (Fsp3) is 0.304. The van der Waals surface area contributed by atoms with Crippen molar-refractivity contribution in [1.82, 2.24) is 9.36 Å². The summed E-state index contributed by atoms with van der Waals surface area (Å²) in [6.45, 7) is 7.55.